The first-order chi connectivity index (χ1) is 14.7. The minimum Gasteiger partial charge on any atom is -0.493 e. The molecule has 164 valence electrons. The van der Waals surface area contributed by atoms with Gasteiger partial charge in [-0.05, 0) is 38.0 Å². The number of thiol groups is 1. The van der Waals surface area contributed by atoms with Crippen LogP contribution in [0.4, 0.5) is 0 Å². The van der Waals surface area contributed by atoms with Gasteiger partial charge in [-0.3, -0.25) is 0 Å². The molecule has 0 saturated heterocycles. The Hall–Kier alpha value is -2.19. The van der Waals surface area contributed by atoms with Crippen LogP contribution in [-0.4, -0.2) is 13.2 Å². The second-order valence-corrected chi connectivity index (χ2v) is 7.92. The number of aryl methyl sites for hydroxylation is 1. The Morgan fingerprint density at radius 2 is 1.40 bits per heavy atom. The van der Waals surface area contributed by atoms with E-state index in [9.17, 15) is 0 Å². The summed E-state index contributed by atoms with van der Waals surface area (Å²) in [4.78, 5) is 0.823. The van der Waals surface area contributed by atoms with Crippen molar-refractivity contribution in [2.45, 2.75) is 77.0 Å². The minimum absolute atomic E-state index is 0.624. The molecule has 5 heteroatoms. The number of ether oxygens (including phenoxy) is 2. The predicted octanol–water partition coefficient (Wildman–Crippen LogP) is 6.15. The zero-order valence-electron chi connectivity index (χ0n) is 18.7. The van der Waals surface area contributed by atoms with Crippen molar-refractivity contribution in [2.24, 2.45) is 0 Å². The van der Waals surface area contributed by atoms with Crippen molar-refractivity contribution in [3.8, 4) is 22.6 Å². The van der Waals surface area contributed by atoms with Crippen LogP contribution in [0.15, 0.2) is 41.3 Å². The lowest BCUT2D eigenvalue weighted by molar-refractivity contribution is -0.175. The third-order valence-electron chi connectivity index (χ3n) is 4.98. The van der Waals surface area contributed by atoms with Gasteiger partial charge >= 0.3 is 0 Å². The molecule has 30 heavy (non-hydrogen) atoms. The van der Waals surface area contributed by atoms with Gasteiger partial charge < -0.3 is 9.47 Å². The van der Waals surface area contributed by atoms with Gasteiger partial charge in [0.2, 0.25) is 5.39 Å². The van der Waals surface area contributed by atoms with Gasteiger partial charge in [0.05, 0.1) is 18.6 Å². The molecule has 0 spiro atoms. The molecule has 0 aliphatic heterocycles. The summed E-state index contributed by atoms with van der Waals surface area (Å²) in [5.74, 6) is 1.70. The van der Waals surface area contributed by atoms with Crippen molar-refractivity contribution in [3.05, 3.63) is 42.0 Å². The van der Waals surface area contributed by atoms with E-state index in [-0.39, 0.29) is 0 Å². The van der Waals surface area contributed by atoms with Gasteiger partial charge in [-0.25, -0.2) is 0 Å². The summed E-state index contributed by atoms with van der Waals surface area (Å²) < 4.78 is 11.9. The minimum atomic E-state index is 0.624. The van der Waals surface area contributed by atoms with Crippen LogP contribution in [-0.2, 0) is 0 Å². The molecular weight excluding hydrogens is 392 g/mol. The lowest BCUT2D eigenvalue weighted by Gasteiger charge is -2.16. The maximum atomic E-state index is 6.25. The average Bonchev–Trinajstić information content (AvgIpc) is 2.76. The van der Waals surface area contributed by atoms with Crippen LogP contribution in [0.3, 0.4) is 0 Å². The van der Waals surface area contributed by atoms with E-state index in [1.54, 1.807) is 0 Å². The van der Waals surface area contributed by atoms with Gasteiger partial charge in [0.15, 0.2) is 0 Å². The number of hydrogen-bond acceptors (Lipinski definition) is 4. The van der Waals surface area contributed by atoms with E-state index in [1.807, 2.05) is 13.0 Å². The molecule has 2 rings (SSSR count). The third-order valence-corrected chi connectivity index (χ3v) is 5.33. The average molecular weight is 430 g/mol. The molecule has 0 fully saturated rings. The summed E-state index contributed by atoms with van der Waals surface area (Å²) in [6, 6.07) is 12.6. The molecule has 0 atom stereocenters. The van der Waals surface area contributed by atoms with E-state index in [1.165, 1.54) is 50.5 Å². The summed E-state index contributed by atoms with van der Waals surface area (Å²) in [6.45, 7) is 7.73. The monoisotopic (exact) mass is 429 g/mol. The standard InChI is InChI=1S/C25H36O2S.N2/c1-4-6-7-8-9-10-11-12-17-27-23-19-25(28)24(26-5-2)18-22(23)21-15-13-20(3)14-16-21;1-2/h13-16,18-19,28H,4-12,17H2,1-3H3;/p+1. The lowest BCUT2D eigenvalue weighted by atomic mass is 10.0. The first-order valence-electron chi connectivity index (χ1n) is 11.1. The number of hydrogen-bond donors (Lipinski definition) is 2. The van der Waals surface area contributed by atoms with Crippen molar-refractivity contribution >= 4 is 12.6 Å². The number of diazo groups is 1. The van der Waals surface area contributed by atoms with Crippen molar-refractivity contribution in [1.82, 2.24) is 0 Å². The smallest absolute Gasteiger partial charge is 0.212 e. The maximum absolute atomic E-state index is 6.25. The Morgan fingerprint density at radius 1 is 0.800 bits per heavy atom. The molecule has 0 bridgehead atoms. The zero-order chi connectivity index (χ0) is 22.2. The second-order valence-electron chi connectivity index (χ2n) is 7.44. The molecule has 0 saturated carbocycles. The Kier molecular flexibility index (Phi) is 13.5. The van der Waals surface area contributed by atoms with E-state index in [4.69, 9.17) is 20.3 Å². The highest BCUT2D eigenvalue weighted by molar-refractivity contribution is 7.80. The molecule has 0 radical (unpaired) electrons. The SMILES string of the molecule is CCCCCCCCCCOc1cc(S)c(OCC)cc1-c1ccc(C)cc1.N#[NH+]. The van der Waals surface area contributed by atoms with Crippen molar-refractivity contribution in [3.63, 3.8) is 0 Å². The van der Waals surface area contributed by atoms with Crippen LogP contribution < -0.4 is 14.9 Å². The Morgan fingerprint density at radius 3 is 2.00 bits per heavy atom. The van der Waals surface area contributed by atoms with Gasteiger partial charge in [0, 0.05) is 10.5 Å². The molecule has 0 aromatic heterocycles. The van der Waals surface area contributed by atoms with E-state index in [2.05, 4.69) is 56.8 Å². The van der Waals surface area contributed by atoms with Gasteiger partial charge in [-0.15, -0.1) is 12.6 Å². The van der Waals surface area contributed by atoms with Crippen molar-refractivity contribution < 1.29 is 14.9 Å². The van der Waals surface area contributed by atoms with E-state index in [0.29, 0.717) is 6.61 Å². The topological polar surface area (TPSA) is 66.0 Å². The Bertz CT molecular complexity index is 745. The summed E-state index contributed by atoms with van der Waals surface area (Å²) in [6.07, 6.45) is 10.4. The number of nitrogens with zero attached hydrogens (tertiary/aromatic N) is 1. The molecule has 4 nitrogen and oxygen atoms in total. The number of nitrogens with one attached hydrogen (secondary N) is 1. The fourth-order valence-corrected chi connectivity index (χ4v) is 3.56. The fraction of sp³-hybridized carbons (Fsp3) is 0.520. The van der Waals surface area contributed by atoms with E-state index < -0.39 is 0 Å². The summed E-state index contributed by atoms with van der Waals surface area (Å²) in [5, 5.41) is 11.0. The zero-order valence-corrected chi connectivity index (χ0v) is 19.6. The number of unbranched alkanes of at least 4 members (excludes halogenated alkanes) is 7. The first-order valence-corrected chi connectivity index (χ1v) is 11.5. The highest BCUT2D eigenvalue weighted by atomic mass is 32.1. The van der Waals surface area contributed by atoms with Crippen molar-refractivity contribution in [1.29, 1.82) is 5.39 Å². The van der Waals surface area contributed by atoms with Crippen LogP contribution in [0, 0.1) is 12.3 Å². The molecule has 2 aromatic rings. The third kappa shape index (κ3) is 9.09. The Balaban J connectivity index is 0.00000218. The van der Waals surface area contributed by atoms with Crippen LogP contribution in [0.2, 0.25) is 0 Å². The largest absolute Gasteiger partial charge is 0.493 e. The molecular formula is C25H37N2O2S+. The number of benzene rings is 2. The quantitative estimate of drug-likeness (QED) is 0.228. The van der Waals surface area contributed by atoms with Crippen LogP contribution in [0.5, 0.6) is 11.5 Å². The van der Waals surface area contributed by atoms with Gasteiger partial charge in [0.25, 0.3) is 0 Å². The van der Waals surface area contributed by atoms with Crippen LogP contribution in [0.1, 0.15) is 70.8 Å². The van der Waals surface area contributed by atoms with Gasteiger partial charge in [-0.1, -0.05) is 81.7 Å². The molecule has 0 aliphatic carbocycles. The molecule has 0 amide bonds. The van der Waals surface area contributed by atoms with E-state index in [0.717, 1.165) is 40.5 Å². The summed E-state index contributed by atoms with van der Waals surface area (Å²) in [5.41, 5.74) is 3.47. The van der Waals surface area contributed by atoms with Crippen LogP contribution in [0.25, 0.3) is 11.1 Å². The maximum Gasteiger partial charge on any atom is 0.212 e. The molecule has 1 N–H and O–H groups in total. The second kappa shape index (κ2) is 15.6. The van der Waals surface area contributed by atoms with Crippen molar-refractivity contribution in [2.75, 3.05) is 13.2 Å². The Labute approximate surface area is 187 Å². The fourth-order valence-electron chi connectivity index (χ4n) is 3.32. The molecule has 0 unspecified atom stereocenters. The predicted molar refractivity (Wildman–Crippen MR) is 126 cm³/mol. The summed E-state index contributed by atoms with van der Waals surface area (Å²) >= 11 is 4.59. The number of rotatable bonds is 13. The molecule has 0 heterocycles. The van der Waals surface area contributed by atoms with Gasteiger partial charge in [0.1, 0.15) is 11.5 Å². The van der Waals surface area contributed by atoms with E-state index >= 15 is 0 Å². The normalized spacial score (nSPS) is 10.2. The lowest BCUT2D eigenvalue weighted by Crippen LogP contribution is -2.11. The molecule has 2 aromatic carbocycles. The van der Waals surface area contributed by atoms with Gasteiger partial charge in [-0.2, -0.15) is 0 Å². The van der Waals surface area contributed by atoms with Crippen LogP contribution >= 0.6 is 12.6 Å². The summed E-state index contributed by atoms with van der Waals surface area (Å²) in [7, 11) is 0. The highest BCUT2D eigenvalue weighted by Crippen LogP contribution is 2.38. The molecule has 0 aliphatic rings. The highest BCUT2D eigenvalue weighted by Gasteiger charge is 2.12. The first kappa shape index (κ1) is 25.8.